The van der Waals surface area contributed by atoms with Crippen LogP contribution in [0.1, 0.15) is 32.3 Å². The fraction of sp³-hybridized carbons (Fsp3) is 0.562. The van der Waals surface area contributed by atoms with Gasteiger partial charge >= 0.3 is 0 Å². The van der Waals surface area contributed by atoms with Crippen LogP contribution in [0.5, 0.6) is 0 Å². The van der Waals surface area contributed by atoms with Crippen LogP contribution >= 0.6 is 0 Å². The number of benzene rings is 1. The maximum absolute atomic E-state index is 12.1. The van der Waals surface area contributed by atoms with E-state index >= 15 is 0 Å². The Bertz CT molecular complexity index is 408. The van der Waals surface area contributed by atoms with Gasteiger partial charge in [-0.05, 0) is 18.4 Å². The van der Waals surface area contributed by atoms with Gasteiger partial charge in [-0.15, -0.1) is 0 Å². The van der Waals surface area contributed by atoms with E-state index in [1.54, 1.807) is 0 Å². The zero-order valence-corrected chi connectivity index (χ0v) is 11.8. The summed E-state index contributed by atoms with van der Waals surface area (Å²) >= 11 is 0. The molecule has 104 valence electrons. The van der Waals surface area contributed by atoms with Gasteiger partial charge in [-0.3, -0.25) is 4.79 Å². The molecule has 1 aromatic rings. The molecule has 0 spiro atoms. The van der Waals surface area contributed by atoms with E-state index in [9.17, 15) is 4.79 Å². The monoisotopic (exact) mass is 261 g/mol. The van der Waals surface area contributed by atoms with Gasteiger partial charge < -0.3 is 10.1 Å². The zero-order chi connectivity index (χ0) is 13.7. The van der Waals surface area contributed by atoms with Crippen molar-refractivity contribution < 1.29 is 9.53 Å². The molecule has 0 aliphatic carbocycles. The van der Waals surface area contributed by atoms with Crippen molar-refractivity contribution in [2.75, 3.05) is 19.8 Å². The van der Waals surface area contributed by atoms with Gasteiger partial charge in [-0.2, -0.15) is 0 Å². The van der Waals surface area contributed by atoms with Crippen LogP contribution in [0.25, 0.3) is 0 Å². The van der Waals surface area contributed by atoms with E-state index in [-0.39, 0.29) is 17.2 Å². The summed E-state index contributed by atoms with van der Waals surface area (Å²) in [6.45, 7) is 6.41. The summed E-state index contributed by atoms with van der Waals surface area (Å²) in [7, 11) is 0. The molecule has 0 bridgehead atoms. The molecule has 1 saturated heterocycles. The smallest absolute Gasteiger partial charge is 0.223 e. The Morgan fingerprint density at radius 2 is 1.89 bits per heavy atom. The fourth-order valence-corrected chi connectivity index (χ4v) is 2.40. The minimum absolute atomic E-state index is 0.0396. The van der Waals surface area contributed by atoms with Gasteiger partial charge in [0.2, 0.25) is 5.91 Å². The summed E-state index contributed by atoms with van der Waals surface area (Å²) in [4.78, 5) is 12.1. The van der Waals surface area contributed by atoms with E-state index in [1.165, 1.54) is 5.56 Å². The highest BCUT2D eigenvalue weighted by Crippen LogP contribution is 2.22. The van der Waals surface area contributed by atoms with Gasteiger partial charge in [0.05, 0.1) is 0 Å². The minimum Gasteiger partial charge on any atom is -0.381 e. The second-order valence-electron chi connectivity index (χ2n) is 5.85. The molecule has 1 aliphatic heterocycles. The molecular weight excluding hydrogens is 238 g/mol. The van der Waals surface area contributed by atoms with Gasteiger partial charge in [0.25, 0.3) is 0 Å². The van der Waals surface area contributed by atoms with Crippen LogP contribution in [0, 0.1) is 5.92 Å². The van der Waals surface area contributed by atoms with Crippen molar-refractivity contribution in [2.24, 2.45) is 5.92 Å². The van der Waals surface area contributed by atoms with Gasteiger partial charge in [-0.1, -0.05) is 44.2 Å². The number of hydrogen-bond acceptors (Lipinski definition) is 2. The third-order valence-corrected chi connectivity index (χ3v) is 3.85. The lowest BCUT2D eigenvalue weighted by Crippen LogP contribution is -2.41. The summed E-state index contributed by atoms with van der Waals surface area (Å²) in [6.07, 6.45) is 1.69. The average Bonchev–Trinajstić information content (AvgIpc) is 2.47. The maximum Gasteiger partial charge on any atom is 0.223 e. The first-order chi connectivity index (χ1) is 9.09. The predicted molar refractivity (Wildman–Crippen MR) is 76.0 cm³/mol. The molecule has 0 saturated carbocycles. The highest BCUT2D eigenvalue weighted by Gasteiger charge is 2.25. The summed E-state index contributed by atoms with van der Waals surface area (Å²) in [5, 5.41) is 3.10. The summed E-state index contributed by atoms with van der Waals surface area (Å²) < 4.78 is 5.28. The summed E-state index contributed by atoms with van der Waals surface area (Å²) in [6, 6.07) is 10.3. The molecule has 19 heavy (non-hydrogen) atoms. The molecule has 2 rings (SSSR count). The second kappa shape index (κ2) is 6.20. The third kappa shape index (κ3) is 3.80. The molecule has 1 aromatic carbocycles. The number of carbonyl (C=O) groups excluding carboxylic acids is 1. The standard InChI is InChI=1S/C16H23NO2/c1-16(2,14-6-4-3-5-7-14)12-17-15(18)13-8-10-19-11-9-13/h3-7,13H,8-12H2,1-2H3,(H,17,18). The molecule has 3 nitrogen and oxygen atoms in total. The van der Waals surface area contributed by atoms with Crippen molar-refractivity contribution in [3.8, 4) is 0 Å². The van der Waals surface area contributed by atoms with E-state index in [4.69, 9.17) is 4.74 Å². The van der Waals surface area contributed by atoms with Crippen molar-refractivity contribution in [2.45, 2.75) is 32.1 Å². The lowest BCUT2D eigenvalue weighted by Gasteiger charge is -2.28. The first kappa shape index (κ1) is 14.1. The number of ether oxygens (including phenoxy) is 1. The number of amides is 1. The highest BCUT2D eigenvalue weighted by atomic mass is 16.5. The Morgan fingerprint density at radius 3 is 2.53 bits per heavy atom. The lowest BCUT2D eigenvalue weighted by atomic mass is 9.84. The van der Waals surface area contributed by atoms with Crippen LogP contribution in [0.4, 0.5) is 0 Å². The first-order valence-corrected chi connectivity index (χ1v) is 7.00. The molecular formula is C16H23NO2. The van der Waals surface area contributed by atoms with Crippen molar-refractivity contribution in [1.29, 1.82) is 0 Å². The minimum atomic E-state index is -0.0396. The molecule has 0 radical (unpaired) electrons. The van der Waals surface area contributed by atoms with Gasteiger partial charge in [0.1, 0.15) is 0 Å². The lowest BCUT2D eigenvalue weighted by molar-refractivity contribution is -0.128. The van der Waals surface area contributed by atoms with Crippen LogP contribution in [0.3, 0.4) is 0 Å². The second-order valence-corrected chi connectivity index (χ2v) is 5.85. The van der Waals surface area contributed by atoms with E-state index in [0.717, 1.165) is 12.8 Å². The Balaban J connectivity index is 1.88. The topological polar surface area (TPSA) is 38.3 Å². The number of rotatable bonds is 4. The van der Waals surface area contributed by atoms with Crippen LogP contribution in [-0.2, 0) is 14.9 Å². The molecule has 1 N–H and O–H groups in total. The number of nitrogens with one attached hydrogen (secondary N) is 1. The largest absolute Gasteiger partial charge is 0.381 e. The third-order valence-electron chi connectivity index (χ3n) is 3.85. The van der Waals surface area contributed by atoms with Crippen LogP contribution in [-0.4, -0.2) is 25.7 Å². The molecule has 1 aliphatic rings. The van der Waals surface area contributed by atoms with Crippen molar-refractivity contribution in [3.05, 3.63) is 35.9 Å². The quantitative estimate of drug-likeness (QED) is 0.904. The van der Waals surface area contributed by atoms with Gasteiger partial charge in [0, 0.05) is 31.1 Å². The van der Waals surface area contributed by atoms with E-state index in [1.807, 2.05) is 18.2 Å². The molecule has 1 fully saturated rings. The van der Waals surface area contributed by atoms with Gasteiger partial charge in [-0.25, -0.2) is 0 Å². The molecule has 3 heteroatoms. The molecule has 1 amide bonds. The van der Waals surface area contributed by atoms with E-state index in [2.05, 4.69) is 31.3 Å². The Hall–Kier alpha value is -1.35. The number of hydrogen-bond donors (Lipinski definition) is 1. The summed E-state index contributed by atoms with van der Waals surface area (Å²) in [5.74, 6) is 0.299. The first-order valence-electron chi connectivity index (χ1n) is 7.00. The van der Waals surface area contributed by atoms with Crippen LogP contribution in [0.15, 0.2) is 30.3 Å². The van der Waals surface area contributed by atoms with Crippen LogP contribution in [0.2, 0.25) is 0 Å². The highest BCUT2D eigenvalue weighted by molar-refractivity contribution is 5.78. The van der Waals surface area contributed by atoms with Crippen molar-refractivity contribution >= 4 is 5.91 Å². The SMILES string of the molecule is CC(C)(CNC(=O)C1CCOCC1)c1ccccc1. The zero-order valence-electron chi connectivity index (χ0n) is 11.8. The maximum atomic E-state index is 12.1. The van der Waals surface area contributed by atoms with Crippen molar-refractivity contribution in [1.82, 2.24) is 5.32 Å². The molecule has 1 heterocycles. The normalized spacial score (nSPS) is 17.2. The Labute approximate surface area is 115 Å². The van der Waals surface area contributed by atoms with Crippen LogP contribution < -0.4 is 5.32 Å². The Morgan fingerprint density at radius 1 is 1.26 bits per heavy atom. The fourth-order valence-electron chi connectivity index (χ4n) is 2.40. The van der Waals surface area contributed by atoms with E-state index in [0.29, 0.717) is 19.8 Å². The molecule has 0 atom stereocenters. The number of carbonyl (C=O) groups is 1. The molecule has 0 unspecified atom stereocenters. The Kier molecular flexibility index (Phi) is 4.59. The van der Waals surface area contributed by atoms with E-state index < -0.39 is 0 Å². The van der Waals surface area contributed by atoms with Crippen molar-refractivity contribution in [3.63, 3.8) is 0 Å². The predicted octanol–water partition coefficient (Wildman–Crippen LogP) is 2.51. The summed E-state index contributed by atoms with van der Waals surface area (Å²) in [5.41, 5.74) is 1.21. The van der Waals surface area contributed by atoms with Gasteiger partial charge in [0.15, 0.2) is 0 Å². The average molecular weight is 261 g/mol. The molecule has 0 aromatic heterocycles.